The van der Waals surface area contributed by atoms with Crippen LogP contribution in [0.4, 0.5) is 0 Å². The molecule has 0 heterocycles. The highest BCUT2D eigenvalue weighted by molar-refractivity contribution is 5.74. The summed E-state index contributed by atoms with van der Waals surface area (Å²) in [5, 5.41) is 9.33. The van der Waals surface area contributed by atoms with Crippen LogP contribution in [-0.4, -0.2) is 17.6 Å². The molecule has 3 nitrogen and oxygen atoms in total. The van der Waals surface area contributed by atoms with Crippen LogP contribution >= 0.6 is 0 Å². The Kier molecular flexibility index (Phi) is 3.71. The predicted molar refractivity (Wildman–Crippen MR) is 71.5 cm³/mol. The number of aliphatic carboxylic acids is 1. The van der Waals surface area contributed by atoms with Crippen LogP contribution in [0.2, 0.25) is 0 Å². The van der Waals surface area contributed by atoms with Gasteiger partial charge in [0.15, 0.2) is 0 Å². The summed E-state index contributed by atoms with van der Waals surface area (Å²) in [6.45, 7) is 1.95. The average Bonchev–Trinajstić information content (AvgIpc) is 2.39. The third kappa shape index (κ3) is 2.41. The zero-order valence-corrected chi connectivity index (χ0v) is 10.9. The Morgan fingerprint density at radius 3 is 2.89 bits per heavy atom. The average molecular weight is 247 g/mol. The van der Waals surface area contributed by atoms with Crippen LogP contribution in [0.25, 0.3) is 0 Å². The summed E-state index contributed by atoms with van der Waals surface area (Å²) >= 11 is 0. The molecular weight excluding hydrogens is 226 g/mol. The topological polar surface area (TPSA) is 63.3 Å². The SMILES string of the molecule is CC(CN)(CC1CCCc2ccccc21)C(=O)O. The van der Waals surface area contributed by atoms with Crippen molar-refractivity contribution in [2.75, 3.05) is 6.54 Å². The molecule has 1 aromatic carbocycles. The smallest absolute Gasteiger partial charge is 0.310 e. The summed E-state index contributed by atoms with van der Waals surface area (Å²) < 4.78 is 0. The van der Waals surface area contributed by atoms with Crippen LogP contribution in [0, 0.1) is 5.41 Å². The number of carboxylic acids is 1. The van der Waals surface area contributed by atoms with Gasteiger partial charge in [0.05, 0.1) is 5.41 Å². The molecule has 3 N–H and O–H groups in total. The lowest BCUT2D eigenvalue weighted by molar-refractivity contribution is -0.148. The zero-order valence-electron chi connectivity index (χ0n) is 10.9. The lowest BCUT2D eigenvalue weighted by atomic mass is 9.73. The molecule has 0 radical (unpaired) electrons. The van der Waals surface area contributed by atoms with E-state index in [0.29, 0.717) is 12.3 Å². The number of benzene rings is 1. The number of hydrogen-bond acceptors (Lipinski definition) is 2. The van der Waals surface area contributed by atoms with Gasteiger partial charge in [0.2, 0.25) is 0 Å². The van der Waals surface area contributed by atoms with Crippen molar-refractivity contribution in [1.82, 2.24) is 0 Å². The Hall–Kier alpha value is -1.35. The second-order valence-electron chi connectivity index (χ2n) is 5.56. The van der Waals surface area contributed by atoms with Crippen LogP contribution in [0.1, 0.15) is 43.2 Å². The Morgan fingerprint density at radius 2 is 2.22 bits per heavy atom. The van der Waals surface area contributed by atoms with E-state index >= 15 is 0 Å². The predicted octanol–water partition coefficient (Wildman–Crippen LogP) is 2.55. The van der Waals surface area contributed by atoms with Crippen molar-refractivity contribution in [3.05, 3.63) is 35.4 Å². The minimum atomic E-state index is -0.810. The number of nitrogens with two attached hydrogens (primary N) is 1. The van der Waals surface area contributed by atoms with Gasteiger partial charge in [0, 0.05) is 6.54 Å². The molecule has 0 aliphatic heterocycles. The van der Waals surface area contributed by atoms with Gasteiger partial charge in [-0.3, -0.25) is 4.79 Å². The highest BCUT2D eigenvalue weighted by Crippen LogP contribution is 2.39. The first-order valence-corrected chi connectivity index (χ1v) is 6.58. The van der Waals surface area contributed by atoms with Gasteiger partial charge in [-0.15, -0.1) is 0 Å². The first kappa shape index (κ1) is 13.1. The number of fused-ring (bicyclic) bond motifs is 1. The molecule has 0 aromatic heterocycles. The lowest BCUT2D eigenvalue weighted by Gasteiger charge is -2.32. The van der Waals surface area contributed by atoms with Gasteiger partial charge in [-0.2, -0.15) is 0 Å². The van der Waals surface area contributed by atoms with E-state index in [4.69, 9.17) is 5.73 Å². The first-order valence-electron chi connectivity index (χ1n) is 6.58. The fourth-order valence-corrected chi connectivity index (χ4v) is 2.87. The summed E-state index contributed by atoms with van der Waals surface area (Å²) in [6.07, 6.45) is 3.96. The van der Waals surface area contributed by atoms with Crippen LogP contribution in [0.5, 0.6) is 0 Å². The fraction of sp³-hybridized carbons (Fsp3) is 0.533. The Labute approximate surface area is 108 Å². The van der Waals surface area contributed by atoms with E-state index in [1.807, 2.05) is 6.07 Å². The molecule has 0 saturated carbocycles. The second kappa shape index (κ2) is 5.11. The Balaban J connectivity index is 2.23. The van der Waals surface area contributed by atoms with Gasteiger partial charge in [-0.25, -0.2) is 0 Å². The third-order valence-corrected chi connectivity index (χ3v) is 4.16. The Bertz CT molecular complexity index is 444. The van der Waals surface area contributed by atoms with Gasteiger partial charge >= 0.3 is 5.97 Å². The highest BCUT2D eigenvalue weighted by Gasteiger charge is 2.36. The van der Waals surface area contributed by atoms with E-state index in [9.17, 15) is 9.90 Å². The molecule has 2 unspecified atom stereocenters. The van der Waals surface area contributed by atoms with Crippen LogP contribution in [0.15, 0.2) is 24.3 Å². The van der Waals surface area contributed by atoms with Crippen molar-refractivity contribution in [3.63, 3.8) is 0 Å². The monoisotopic (exact) mass is 247 g/mol. The molecule has 0 bridgehead atoms. The Morgan fingerprint density at radius 1 is 1.50 bits per heavy atom. The van der Waals surface area contributed by atoms with Crippen molar-refractivity contribution >= 4 is 5.97 Å². The third-order valence-electron chi connectivity index (χ3n) is 4.16. The lowest BCUT2D eigenvalue weighted by Crippen LogP contribution is -2.37. The first-order chi connectivity index (χ1) is 8.57. The zero-order chi connectivity index (χ0) is 13.2. The largest absolute Gasteiger partial charge is 0.481 e. The minimum absolute atomic E-state index is 0.195. The quantitative estimate of drug-likeness (QED) is 0.859. The molecule has 1 aliphatic rings. The van der Waals surface area contributed by atoms with Crippen molar-refractivity contribution < 1.29 is 9.90 Å². The van der Waals surface area contributed by atoms with Crippen molar-refractivity contribution in [3.8, 4) is 0 Å². The van der Waals surface area contributed by atoms with Gasteiger partial charge < -0.3 is 10.8 Å². The van der Waals surface area contributed by atoms with E-state index in [1.54, 1.807) is 6.92 Å². The standard InChI is InChI=1S/C15H21NO2/c1-15(10-16,14(17)18)9-12-7-4-6-11-5-2-3-8-13(11)12/h2-3,5,8,12H,4,6-7,9-10,16H2,1H3,(H,17,18). The number of carbonyl (C=O) groups is 1. The molecule has 98 valence electrons. The molecule has 0 spiro atoms. The van der Waals surface area contributed by atoms with E-state index in [0.717, 1.165) is 19.3 Å². The van der Waals surface area contributed by atoms with Gasteiger partial charge in [0.25, 0.3) is 0 Å². The van der Waals surface area contributed by atoms with Gasteiger partial charge in [0.1, 0.15) is 0 Å². The van der Waals surface area contributed by atoms with Crippen LogP contribution in [-0.2, 0) is 11.2 Å². The maximum Gasteiger partial charge on any atom is 0.310 e. The molecule has 1 aliphatic carbocycles. The molecule has 0 amide bonds. The maximum atomic E-state index is 11.4. The number of rotatable bonds is 4. The molecule has 1 aromatic rings. The molecule has 2 atom stereocenters. The molecular formula is C15H21NO2. The molecule has 0 saturated heterocycles. The van der Waals surface area contributed by atoms with Gasteiger partial charge in [-0.05, 0) is 49.7 Å². The molecule has 18 heavy (non-hydrogen) atoms. The molecule has 0 fully saturated rings. The summed E-state index contributed by atoms with van der Waals surface area (Å²) in [7, 11) is 0. The van der Waals surface area contributed by atoms with Crippen molar-refractivity contribution in [2.45, 2.75) is 38.5 Å². The number of aryl methyl sites for hydroxylation is 1. The van der Waals surface area contributed by atoms with E-state index in [-0.39, 0.29) is 6.54 Å². The van der Waals surface area contributed by atoms with E-state index in [1.165, 1.54) is 11.1 Å². The summed E-state index contributed by atoms with van der Waals surface area (Å²) in [6, 6.07) is 8.39. The highest BCUT2D eigenvalue weighted by atomic mass is 16.4. The molecule has 2 rings (SSSR count). The van der Waals surface area contributed by atoms with Crippen LogP contribution < -0.4 is 5.73 Å². The number of hydrogen-bond donors (Lipinski definition) is 2. The van der Waals surface area contributed by atoms with Crippen molar-refractivity contribution in [1.29, 1.82) is 0 Å². The minimum Gasteiger partial charge on any atom is -0.481 e. The summed E-state index contributed by atoms with van der Waals surface area (Å²) in [4.78, 5) is 11.4. The summed E-state index contributed by atoms with van der Waals surface area (Å²) in [5.41, 5.74) is 7.55. The second-order valence-corrected chi connectivity index (χ2v) is 5.56. The normalized spacial score (nSPS) is 22.0. The fourth-order valence-electron chi connectivity index (χ4n) is 2.87. The van der Waals surface area contributed by atoms with E-state index < -0.39 is 11.4 Å². The van der Waals surface area contributed by atoms with E-state index in [2.05, 4.69) is 18.2 Å². The van der Waals surface area contributed by atoms with Gasteiger partial charge in [-0.1, -0.05) is 24.3 Å². The number of carboxylic acid groups (broad SMARTS) is 1. The maximum absolute atomic E-state index is 11.4. The summed E-state index contributed by atoms with van der Waals surface area (Å²) in [5.74, 6) is -0.451. The molecule has 3 heteroatoms. The van der Waals surface area contributed by atoms with Crippen molar-refractivity contribution in [2.24, 2.45) is 11.1 Å². The van der Waals surface area contributed by atoms with Crippen LogP contribution in [0.3, 0.4) is 0 Å².